The molecule has 3 rings (SSSR count). The van der Waals surface area contributed by atoms with E-state index in [0.29, 0.717) is 18.0 Å². The van der Waals surface area contributed by atoms with Gasteiger partial charge in [-0.1, -0.05) is 11.6 Å². The molecule has 0 unspecified atom stereocenters. The second kappa shape index (κ2) is 7.51. The molecule has 0 spiro atoms. The molecule has 0 bridgehead atoms. The van der Waals surface area contributed by atoms with Gasteiger partial charge in [-0.05, 0) is 48.9 Å². The maximum Gasteiger partial charge on any atom is 0.136 e. The smallest absolute Gasteiger partial charge is 0.136 e. The number of hydrogen-bond donors (Lipinski definition) is 1. The largest absolute Gasteiger partial charge is 0.497 e. The molecular weight excluding hydrogens is 326 g/mol. The molecule has 0 saturated heterocycles. The zero-order valence-corrected chi connectivity index (χ0v) is 14.1. The molecule has 0 saturated carbocycles. The summed E-state index contributed by atoms with van der Waals surface area (Å²) in [6.07, 6.45) is 0.617. The van der Waals surface area contributed by atoms with Crippen LogP contribution in [0.4, 0.5) is 0 Å². The minimum absolute atomic E-state index is 0.116. The van der Waals surface area contributed by atoms with Crippen molar-refractivity contribution in [1.29, 1.82) is 0 Å². The molecule has 0 aliphatic heterocycles. The molecule has 0 radical (unpaired) electrons. The van der Waals surface area contributed by atoms with Crippen molar-refractivity contribution in [2.24, 2.45) is 4.99 Å². The van der Waals surface area contributed by atoms with E-state index in [4.69, 9.17) is 25.9 Å². The summed E-state index contributed by atoms with van der Waals surface area (Å²) in [6, 6.07) is 15.0. The van der Waals surface area contributed by atoms with Gasteiger partial charge >= 0.3 is 0 Å². The Kier molecular flexibility index (Phi) is 5.18. The van der Waals surface area contributed by atoms with E-state index in [2.05, 4.69) is 4.99 Å². The van der Waals surface area contributed by atoms with Gasteiger partial charge in [0.15, 0.2) is 0 Å². The van der Waals surface area contributed by atoms with E-state index < -0.39 is 0 Å². The number of rotatable bonds is 5. The number of fused-ring (bicyclic) bond motifs is 1. The number of aliphatic hydroxyl groups is 1. The van der Waals surface area contributed by atoms with Crippen molar-refractivity contribution in [2.45, 2.75) is 6.42 Å². The topological polar surface area (TPSA) is 55.0 Å². The normalized spacial score (nSPS) is 11.9. The van der Waals surface area contributed by atoms with Gasteiger partial charge in [0, 0.05) is 35.2 Å². The van der Waals surface area contributed by atoms with E-state index in [1.54, 1.807) is 13.2 Å². The number of halogens is 1. The molecule has 124 valence electrons. The Bertz CT molecular complexity index is 901. The lowest BCUT2D eigenvalue weighted by molar-refractivity contribution is 0.291. The molecule has 3 aromatic rings. The third-order valence-corrected chi connectivity index (χ3v) is 3.91. The number of aliphatic hydroxyl groups excluding tert-OH is 1. The third-order valence-electron chi connectivity index (χ3n) is 3.68. The summed E-state index contributed by atoms with van der Waals surface area (Å²) in [4.78, 5) is 4.58. The average Bonchev–Trinajstić information content (AvgIpc) is 2.62. The Balaban J connectivity index is 2.14. The number of hydrogen-bond acceptors (Lipinski definition) is 4. The summed E-state index contributed by atoms with van der Waals surface area (Å²) in [5, 5.41) is 11.3. The quantitative estimate of drug-likeness (QED) is 0.711. The van der Waals surface area contributed by atoms with Gasteiger partial charge in [-0.2, -0.15) is 0 Å². The molecular formula is C19H18ClNO3. The van der Waals surface area contributed by atoms with E-state index in [0.717, 1.165) is 33.4 Å². The lowest BCUT2D eigenvalue weighted by Gasteiger charge is -2.06. The molecule has 1 aromatic heterocycles. The highest BCUT2D eigenvalue weighted by molar-refractivity contribution is 6.31. The van der Waals surface area contributed by atoms with Crippen molar-refractivity contribution < 1.29 is 14.3 Å². The van der Waals surface area contributed by atoms with Crippen molar-refractivity contribution in [3.63, 3.8) is 0 Å². The van der Waals surface area contributed by atoms with Crippen LogP contribution < -0.4 is 10.1 Å². The Morgan fingerprint density at radius 1 is 1.12 bits per heavy atom. The molecule has 0 aliphatic carbocycles. The van der Waals surface area contributed by atoms with Crippen LogP contribution in [-0.2, 0) is 0 Å². The fourth-order valence-electron chi connectivity index (χ4n) is 2.44. The van der Waals surface area contributed by atoms with Gasteiger partial charge < -0.3 is 14.3 Å². The molecule has 2 aromatic carbocycles. The second-order valence-electron chi connectivity index (χ2n) is 5.32. The van der Waals surface area contributed by atoms with Crippen LogP contribution in [0.5, 0.6) is 5.75 Å². The van der Waals surface area contributed by atoms with Crippen LogP contribution in [0.1, 0.15) is 6.42 Å². The molecule has 4 nitrogen and oxygen atoms in total. The minimum atomic E-state index is 0.116. The first kappa shape index (κ1) is 16.6. The van der Waals surface area contributed by atoms with Crippen molar-refractivity contribution in [2.75, 3.05) is 20.3 Å². The lowest BCUT2D eigenvalue weighted by Crippen LogP contribution is -2.05. The molecule has 1 heterocycles. The predicted octanol–water partition coefficient (Wildman–Crippen LogP) is 4.04. The van der Waals surface area contributed by atoms with Crippen LogP contribution in [0.15, 0.2) is 57.9 Å². The summed E-state index contributed by atoms with van der Waals surface area (Å²) in [5.41, 5.74) is 1.65. The summed E-state index contributed by atoms with van der Waals surface area (Å²) >= 11 is 6.10. The predicted molar refractivity (Wildman–Crippen MR) is 95.3 cm³/mol. The van der Waals surface area contributed by atoms with Crippen molar-refractivity contribution in [1.82, 2.24) is 0 Å². The summed E-state index contributed by atoms with van der Waals surface area (Å²) in [6.45, 7) is 0.662. The van der Waals surface area contributed by atoms with Crippen LogP contribution in [0.3, 0.4) is 0 Å². The van der Waals surface area contributed by atoms with Gasteiger partial charge in [0.05, 0.1) is 12.5 Å². The van der Waals surface area contributed by atoms with E-state index in [9.17, 15) is 0 Å². The Morgan fingerprint density at radius 2 is 1.92 bits per heavy atom. The van der Waals surface area contributed by atoms with Crippen molar-refractivity contribution >= 4 is 22.6 Å². The minimum Gasteiger partial charge on any atom is -0.497 e. The zero-order chi connectivity index (χ0) is 16.9. The highest BCUT2D eigenvalue weighted by Crippen LogP contribution is 2.25. The molecule has 0 fully saturated rings. The SMILES string of the molecule is COc1ccc(-c2cc(=NCCCO)c3cc(Cl)ccc3o2)cc1. The molecule has 5 heteroatoms. The first-order valence-corrected chi connectivity index (χ1v) is 8.08. The van der Waals surface area contributed by atoms with Crippen LogP contribution in [0.25, 0.3) is 22.3 Å². The maximum atomic E-state index is 8.97. The molecule has 0 amide bonds. The molecule has 1 N–H and O–H groups in total. The van der Waals surface area contributed by atoms with Gasteiger partial charge in [0.2, 0.25) is 0 Å². The van der Waals surface area contributed by atoms with Gasteiger partial charge in [-0.3, -0.25) is 4.99 Å². The first-order valence-electron chi connectivity index (χ1n) is 7.70. The second-order valence-corrected chi connectivity index (χ2v) is 5.76. The fourth-order valence-corrected chi connectivity index (χ4v) is 2.61. The summed E-state index contributed by atoms with van der Waals surface area (Å²) in [5.74, 6) is 1.51. The van der Waals surface area contributed by atoms with Gasteiger partial charge in [-0.15, -0.1) is 0 Å². The maximum absolute atomic E-state index is 8.97. The lowest BCUT2D eigenvalue weighted by atomic mass is 10.1. The molecule has 0 aliphatic rings. The van der Waals surface area contributed by atoms with Gasteiger partial charge in [0.25, 0.3) is 0 Å². The number of benzene rings is 2. The number of nitrogens with zero attached hydrogens (tertiary/aromatic N) is 1. The molecule has 0 atom stereocenters. The van der Waals surface area contributed by atoms with E-state index in [1.165, 1.54) is 0 Å². The number of ether oxygens (including phenoxy) is 1. The monoisotopic (exact) mass is 343 g/mol. The van der Waals surface area contributed by atoms with E-state index in [-0.39, 0.29) is 6.61 Å². The van der Waals surface area contributed by atoms with Crippen molar-refractivity contribution in [3.05, 3.63) is 58.9 Å². The first-order chi connectivity index (χ1) is 11.7. The van der Waals surface area contributed by atoms with E-state index in [1.807, 2.05) is 42.5 Å². The highest BCUT2D eigenvalue weighted by Gasteiger charge is 2.07. The standard InChI is InChI=1S/C19H18ClNO3/c1-23-15-6-3-13(4-7-15)19-12-17(21-9-2-10-22)16-11-14(20)5-8-18(16)24-19/h3-8,11-12,22H,2,9-10H2,1H3. The van der Waals surface area contributed by atoms with Gasteiger partial charge in [-0.25, -0.2) is 0 Å². The van der Waals surface area contributed by atoms with E-state index >= 15 is 0 Å². The number of methoxy groups -OCH3 is 1. The Labute approximate surface area is 145 Å². The Morgan fingerprint density at radius 3 is 2.62 bits per heavy atom. The van der Waals surface area contributed by atoms with Crippen LogP contribution in [-0.4, -0.2) is 25.4 Å². The third kappa shape index (κ3) is 3.61. The van der Waals surface area contributed by atoms with Crippen LogP contribution in [0.2, 0.25) is 5.02 Å². The average molecular weight is 344 g/mol. The fraction of sp³-hybridized carbons (Fsp3) is 0.211. The van der Waals surface area contributed by atoms with Crippen molar-refractivity contribution in [3.8, 4) is 17.1 Å². The van der Waals surface area contributed by atoms with Crippen LogP contribution in [0, 0.1) is 0 Å². The highest BCUT2D eigenvalue weighted by atomic mass is 35.5. The Hall–Kier alpha value is -2.30. The zero-order valence-electron chi connectivity index (χ0n) is 13.3. The van der Waals surface area contributed by atoms with Gasteiger partial charge in [0.1, 0.15) is 17.1 Å². The summed E-state index contributed by atoms with van der Waals surface area (Å²) < 4.78 is 11.2. The summed E-state index contributed by atoms with van der Waals surface area (Å²) in [7, 11) is 1.64. The molecule has 24 heavy (non-hydrogen) atoms. The van der Waals surface area contributed by atoms with Crippen LogP contribution >= 0.6 is 11.6 Å².